The molecule has 3 heteroatoms. The molecule has 1 aromatic heterocycles. The van der Waals surface area contributed by atoms with Crippen LogP contribution in [0.4, 0.5) is 0 Å². The molecule has 1 saturated carbocycles. The van der Waals surface area contributed by atoms with Gasteiger partial charge in [-0.25, -0.2) is 4.79 Å². The van der Waals surface area contributed by atoms with Crippen molar-refractivity contribution in [3.05, 3.63) is 59.8 Å². The van der Waals surface area contributed by atoms with Gasteiger partial charge in [0, 0.05) is 16.6 Å². The van der Waals surface area contributed by atoms with E-state index in [4.69, 9.17) is 5.11 Å². The lowest BCUT2D eigenvalue weighted by molar-refractivity contribution is 0.0697. The molecule has 1 heterocycles. The second kappa shape index (κ2) is 4.48. The third-order valence-electron chi connectivity index (χ3n) is 4.05. The zero-order valence-electron chi connectivity index (χ0n) is 11.4. The SMILES string of the molecule is O=C(O)c1cccc(-c2c[c]cc3[nH]c(C4CC4)cc23)c1. The Balaban J connectivity index is 1.89. The van der Waals surface area contributed by atoms with Crippen molar-refractivity contribution in [1.82, 2.24) is 4.98 Å². The lowest BCUT2D eigenvalue weighted by Crippen LogP contribution is -1.95. The van der Waals surface area contributed by atoms with Crippen LogP contribution in [0.2, 0.25) is 0 Å². The van der Waals surface area contributed by atoms with Crippen molar-refractivity contribution >= 4 is 16.9 Å². The molecular formula is C18H14NO2. The first kappa shape index (κ1) is 12.2. The van der Waals surface area contributed by atoms with E-state index < -0.39 is 5.97 Å². The topological polar surface area (TPSA) is 53.1 Å². The molecule has 0 unspecified atom stereocenters. The van der Waals surface area contributed by atoms with Crippen LogP contribution in [0.15, 0.2) is 42.5 Å². The van der Waals surface area contributed by atoms with Crippen LogP contribution in [0.1, 0.15) is 34.8 Å². The molecule has 1 radical (unpaired) electrons. The fourth-order valence-electron chi connectivity index (χ4n) is 2.79. The second-order valence-electron chi connectivity index (χ2n) is 5.58. The lowest BCUT2D eigenvalue weighted by Gasteiger charge is -2.04. The van der Waals surface area contributed by atoms with Gasteiger partial charge in [0.2, 0.25) is 0 Å². The number of aromatic amines is 1. The van der Waals surface area contributed by atoms with Gasteiger partial charge in [-0.3, -0.25) is 0 Å². The van der Waals surface area contributed by atoms with Gasteiger partial charge in [-0.05, 0) is 66.3 Å². The van der Waals surface area contributed by atoms with Crippen molar-refractivity contribution < 1.29 is 9.90 Å². The smallest absolute Gasteiger partial charge is 0.335 e. The predicted molar refractivity (Wildman–Crippen MR) is 81.5 cm³/mol. The number of carbonyl (C=O) groups is 1. The Labute approximate surface area is 122 Å². The number of nitrogens with one attached hydrogen (secondary N) is 1. The Morgan fingerprint density at radius 3 is 2.86 bits per heavy atom. The first-order valence-electron chi connectivity index (χ1n) is 7.09. The van der Waals surface area contributed by atoms with Crippen LogP contribution < -0.4 is 0 Å². The minimum absolute atomic E-state index is 0.308. The number of H-pyrrole nitrogens is 1. The fraction of sp³-hybridized carbons (Fsp3) is 0.167. The molecule has 0 amide bonds. The molecule has 0 bridgehead atoms. The summed E-state index contributed by atoms with van der Waals surface area (Å²) >= 11 is 0. The first-order chi connectivity index (χ1) is 10.2. The molecule has 0 spiro atoms. The molecule has 0 saturated heterocycles. The molecule has 3 aromatic rings. The van der Waals surface area contributed by atoms with Crippen molar-refractivity contribution in [3.8, 4) is 11.1 Å². The summed E-state index contributed by atoms with van der Waals surface area (Å²) in [7, 11) is 0. The molecule has 0 aliphatic heterocycles. The standard InChI is InChI=1S/C18H14NO2/c20-18(21)13-4-1-3-12(9-13)14-5-2-6-16-15(14)10-17(19-16)11-7-8-11/h1,3-6,9-11,19H,7-8H2,(H,20,21). The third kappa shape index (κ3) is 2.11. The molecule has 3 nitrogen and oxygen atoms in total. The van der Waals surface area contributed by atoms with E-state index in [-0.39, 0.29) is 0 Å². The summed E-state index contributed by atoms with van der Waals surface area (Å²) < 4.78 is 0. The molecular weight excluding hydrogens is 262 g/mol. The average molecular weight is 276 g/mol. The normalized spacial score (nSPS) is 14.5. The minimum Gasteiger partial charge on any atom is -0.478 e. The van der Waals surface area contributed by atoms with Crippen LogP contribution in [0, 0.1) is 6.07 Å². The molecule has 1 aliphatic rings. The van der Waals surface area contributed by atoms with Crippen molar-refractivity contribution in [2.24, 2.45) is 0 Å². The van der Waals surface area contributed by atoms with E-state index in [1.54, 1.807) is 18.2 Å². The zero-order chi connectivity index (χ0) is 14.4. The van der Waals surface area contributed by atoms with E-state index in [2.05, 4.69) is 17.1 Å². The zero-order valence-corrected chi connectivity index (χ0v) is 11.4. The fourth-order valence-corrected chi connectivity index (χ4v) is 2.79. The largest absolute Gasteiger partial charge is 0.478 e. The number of rotatable bonds is 3. The van der Waals surface area contributed by atoms with Crippen LogP contribution in [0.3, 0.4) is 0 Å². The highest BCUT2D eigenvalue weighted by molar-refractivity contribution is 5.97. The van der Waals surface area contributed by atoms with E-state index in [1.165, 1.54) is 18.5 Å². The van der Waals surface area contributed by atoms with Gasteiger partial charge in [-0.2, -0.15) is 0 Å². The summed E-state index contributed by atoms with van der Waals surface area (Å²) in [4.78, 5) is 14.6. The highest BCUT2D eigenvalue weighted by atomic mass is 16.4. The quantitative estimate of drug-likeness (QED) is 0.752. The van der Waals surface area contributed by atoms with Crippen molar-refractivity contribution in [2.45, 2.75) is 18.8 Å². The van der Waals surface area contributed by atoms with Crippen LogP contribution in [0.5, 0.6) is 0 Å². The summed E-state index contributed by atoms with van der Waals surface area (Å²) in [5.41, 5.74) is 4.59. The van der Waals surface area contributed by atoms with Crippen molar-refractivity contribution in [1.29, 1.82) is 0 Å². The van der Waals surface area contributed by atoms with Crippen molar-refractivity contribution in [2.75, 3.05) is 0 Å². The monoisotopic (exact) mass is 276 g/mol. The molecule has 0 atom stereocenters. The predicted octanol–water partition coefficient (Wildman–Crippen LogP) is 4.21. The second-order valence-corrected chi connectivity index (χ2v) is 5.58. The van der Waals surface area contributed by atoms with Gasteiger partial charge in [0.1, 0.15) is 0 Å². The van der Waals surface area contributed by atoms with Gasteiger partial charge >= 0.3 is 5.97 Å². The Kier molecular flexibility index (Phi) is 2.61. The summed E-state index contributed by atoms with van der Waals surface area (Å²) in [5.74, 6) is -0.239. The van der Waals surface area contributed by atoms with Crippen LogP contribution in [-0.4, -0.2) is 16.1 Å². The minimum atomic E-state index is -0.902. The van der Waals surface area contributed by atoms with E-state index in [0.717, 1.165) is 22.0 Å². The summed E-state index contributed by atoms with van der Waals surface area (Å²) in [6, 6.07) is 16.3. The number of carboxylic acid groups (broad SMARTS) is 1. The Bertz CT molecular complexity index is 843. The van der Waals surface area contributed by atoms with Gasteiger partial charge < -0.3 is 10.1 Å². The highest BCUT2D eigenvalue weighted by Crippen LogP contribution is 2.41. The number of hydrogen-bond donors (Lipinski definition) is 2. The lowest BCUT2D eigenvalue weighted by atomic mass is 9.99. The van der Waals surface area contributed by atoms with Crippen molar-refractivity contribution in [3.63, 3.8) is 0 Å². The Morgan fingerprint density at radius 2 is 2.10 bits per heavy atom. The summed E-state index contributed by atoms with van der Waals surface area (Å²) in [5, 5.41) is 10.3. The number of aromatic carboxylic acids is 1. The van der Waals surface area contributed by atoms with Gasteiger partial charge in [-0.1, -0.05) is 12.1 Å². The average Bonchev–Trinajstić information content (AvgIpc) is 3.26. The first-order valence-corrected chi connectivity index (χ1v) is 7.09. The number of fused-ring (bicyclic) bond motifs is 1. The maximum absolute atomic E-state index is 11.1. The summed E-state index contributed by atoms with van der Waals surface area (Å²) in [6.07, 6.45) is 2.50. The van der Waals surface area contributed by atoms with Gasteiger partial charge in [0.05, 0.1) is 5.56 Å². The molecule has 21 heavy (non-hydrogen) atoms. The number of carboxylic acids is 1. The van der Waals surface area contributed by atoms with E-state index in [9.17, 15) is 4.79 Å². The molecule has 2 aromatic carbocycles. The van der Waals surface area contributed by atoms with Gasteiger partial charge in [-0.15, -0.1) is 0 Å². The Morgan fingerprint density at radius 1 is 1.24 bits per heavy atom. The van der Waals surface area contributed by atoms with Crippen LogP contribution >= 0.6 is 0 Å². The van der Waals surface area contributed by atoms with E-state index >= 15 is 0 Å². The van der Waals surface area contributed by atoms with Crippen LogP contribution in [0.25, 0.3) is 22.0 Å². The number of aromatic nitrogens is 1. The third-order valence-corrected chi connectivity index (χ3v) is 4.05. The van der Waals surface area contributed by atoms with E-state index in [1.807, 2.05) is 18.2 Å². The van der Waals surface area contributed by atoms with Gasteiger partial charge in [0.25, 0.3) is 0 Å². The number of hydrogen-bond acceptors (Lipinski definition) is 1. The number of benzene rings is 2. The molecule has 103 valence electrons. The highest BCUT2D eigenvalue weighted by Gasteiger charge is 2.25. The maximum Gasteiger partial charge on any atom is 0.335 e. The molecule has 2 N–H and O–H groups in total. The maximum atomic E-state index is 11.1. The Hall–Kier alpha value is -2.55. The molecule has 1 aliphatic carbocycles. The molecule has 4 rings (SSSR count). The van der Waals surface area contributed by atoms with Gasteiger partial charge in [0.15, 0.2) is 0 Å². The molecule has 1 fully saturated rings. The van der Waals surface area contributed by atoms with E-state index in [0.29, 0.717) is 11.5 Å². The van der Waals surface area contributed by atoms with Crippen LogP contribution in [-0.2, 0) is 0 Å². The summed E-state index contributed by atoms with van der Waals surface area (Å²) in [6.45, 7) is 0.